The van der Waals surface area contributed by atoms with Crippen molar-refractivity contribution in [3.8, 4) is 0 Å². The second-order valence-electron chi connectivity index (χ2n) is 5.99. The highest BCUT2D eigenvalue weighted by Gasteiger charge is 2.07. The molecule has 26 heavy (non-hydrogen) atoms. The van der Waals surface area contributed by atoms with Gasteiger partial charge in [0.25, 0.3) is 0 Å². The molecule has 0 amide bonds. The van der Waals surface area contributed by atoms with Crippen molar-refractivity contribution in [2.24, 2.45) is 0 Å². The molecule has 0 fully saturated rings. The lowest BCUT2D eigenvalue weighted by atomic mass is 10.1. The predicted molar refractivity (Wildman–Crippen MR) is 106 cm³/mol. The molecule has 3 aromatic rings. The van der Waals surface area contributed by atoms with Crippen molar-refractivity contribution in [3.05, 3.63) is 70.5 Å². The van der Waals surface area contributed by atoms with Crippen LogP contribution in [0.1, 0.15) is 28.7 Å². The third-order valence-corrected chi connectivity index (χ3v) is 4.32. The lowest BCUT2D eigenvalue weighted by molar-refractivity contribution is 0.101. The Labute approximate surface area is 157 Å². The first-order valence-corrected chi connectivity index (χ1v) is 8.56. The molecule has 3 rings (SSSR count). The number of Topliss-reactive ketones (excluding diaryl/α,β-unsaturated/α-hetero) is 1. The number of ketones is 1. The Balaban J connectivity index is 1.87. The van der Waals surface area contributed by atoms with Crippen LogP contribution in [0.3, 0.4) is 0 Å². The SMILES string of the molecule is CC(=O)c1cccc(Nc2cc(Nc3cccc(Cl)c3C)nc(C)n2)c1. The van der Waals surface area contributed by atoms with Crippen LogP contribution < -0.4 is 10.6 Å². The largest absolute Gasteiger partial charge is 0.340 e. The molecule has 0 aliphatic rings. The first-order chi connectivity index (χ1) is 12.4. The van der Waals surface area contributed by atoms with Gasteiger partial charge in [-0.1, -0.05) is 29.8 Å². The fourth-order valence-electron chi connectivity index (χ4n) is 2.54. The van der Waals surface area contributed by atoms with Gasteiger partial charge in [-0.2, -0.15) is 0 Å². The standard InChI is InChI=1S/C20H19ClN4O/c1-12-17(21)8-5-9-18(12)25-20-11-19(22-14(3)23-20)24-16-7-4-6-15(10-16)13(2)26/h4-11H,1-3H3,(H2,22,23,24,25). The van der Waals surface area contributed by atoms with Crippen molar-refractivity contribution in [3.63, 3.8) is 0 Å². The molecule has 2 aromatic carbocycles. The average molecular weight is 367 g/mol. The summed E-state index contributed by atoms with van der Waals surface area (Å²) in [6.45, 7) is 5.32. The lowest BCUT2D eigenvalue weighted by Gasteiger charge is -2.12. The van der Waals surface area contributed by atoms with E-state index in [0.29, 0.717) is 28.0 Å². The first kappa shape index (κ1) is 17.9. The van der Waals surface area contributed by atoms with E-state index in [2.05, 4.69) is 20.6 Å². The molecule has 0 atom stereocenters. The number of nitrogens with one attached hydrogen (secondary N) is 2. The zero-order valence-electron chi connectivity index (χ0n) is 14.8. The molecule has 0 spiro atoms. The number of hydrogen-bond acceptors (Lipinski definition) is 5. The van der Waals surface area contributed by atoms with Crippen LogP contribution in [0.25, 0.3) is 0 Å². The van der Waals surface area contributed by atoms with Gasteiger partial charge in [0.2, 0.25) is 0 Å². The van der Waals surface area contributed by atoms with E-state index in [-0.39, 0.29) is 5.78 Å². The minimum absolute atomic E-state index is 0.0197. The summed E-state index contributed by atoms with van der Waals surface area (Å²) in [6.07, 6.45) is 0. The molecule has 132 valence electrons. The quantitative estimate of drug-likeness (QED) is 0.589. The predicted octanol–water partition coefficient (Wildman–Crippen LogP) is 5.44. The zero-order valence-corrected chi connectivity index (χ0v) is 15.6. The highest BCUT2D eigenvalue weighted by Crippen LogP contribution is 2.27. The summed E-state index contributed by atoms with van der Waals surface area (Å²) in [6, 6.07) is 14.8. The van der Waals surface area contributed by atoms with Gasteiger partial charge in [-0.15, -0.1) is 0 Å². The fourth-order valence-corrected chi connectivity index (χ4v) is 2.71. The normalized spacial score (nSPS) is 10.5. The Hall–Kier alpha value is -2.92. The molecule has 0 radical (unpaired) electrons. The van der Waals surface area contributed by atoms with E-state index < -0.39 is 0 Å². The molecular formula is C20H19ClN4O. The molecule has 0 aliphatic carbocycles. The fraction of sp³-hybridized carbons (Fsp3) is 0.150. The number of halogens is 1. The summed E-state index contributed by atoms with van der Waals surface area (Å²) in [5.74, 6) is 1.94. The maximum atomic E-state index is 11.5. The van der Waals surface area contributed by atoms with Crippen LogP contribution >= 0.6 is 11.6 Å². The van der Waals surface area contributed by atoms with Crippen LogP contribution in [0, 0.1) is 13.8 Å². The smallest absolute Gasteiger partial charge is 0.159 e. The minimum Gasteiger partial charge on any atom is -0.340 e. The number of carbonyl (C=O) groups excluding carboxylic acids is 1. The number of aryl methyl sites for hydroxylation is 1. The second kappa shape index (κ2) is 7.54. The Morgan fingerprint density at radius 1 is 0.962 bits per heavy atom. The molecule has 5 nitrogen and oxygen atoms in total. The molecule has 0 aliphatic heterocycles. The number of aromatic nitrogens is 2. The van der Waals surface area contributed by atoms with Gasteiger partial charge in [-0.05, 0) is 50.6 Å². The zero-order chi connectivity index (χ0) is 18.7. The lowest BCUT2D eigenvalue weighted by Crippen LogP contribution is -2.03. The second-order valence-corrected chi connectivity index (χ2v) is 6.39. The summed E-state index contributed by atoms with van der Waals surface area (Å²) >= 11 is 6.18. The molecule has 1 aromatic heterocycles. The number of carbonyl (C=O) groups is 1. The van der Waals surface area contributed by atoms with Crippen LogP contribution in [0.15, 0.2) is 48.5 Å². The van der Waals surface area contributed by atoms with E-state index in [0.717, 1.165) is 16.9 Å². The van der Waals surface area contributed by atoms with E-state index in [4.69, 9.17) is 11.6 Å². The highest BCUT2D eigenvalue weighted by molar-refractivity contribution is 6.31. The monoisotopic (exact) mass is 366 g/mol. The Kier molecular flexibility index (Phi) is 5.19. The van der Waals surface area contributed by atoms with E-state index >= 15 is 0 Å². The van der Waals surface area contributed by atoms with Gasteiger partial charge >= 0.3 is 0 Å². The minimum atomic E-state index is 0.0197. The first-order valence-electron chi connectivity index (χ1n) is 8.18. The van der Waals surface area contributed by atoms with Gasteiger partial charge < -0.3 is 10.6 Å². The van der Waals surface area contributed by atoms with E-state index in [1.807, 2.05) is 50.2 Å². The summed E-state index contributed by atoms with van der Waals surface area (Å²) < 4.78 is 0. The van der Waals surface area contributed by atoms with Crippen molar-refractivity contribution in [2.45, 2.75) is 20.8 Å². The maximum Gasteiger partial charge on any atom is 0.159 e. The molecule has 6 heteroatoms. The summed E-state index contributed by atoms with van der Waals surface area (Å²) in [4.78, 5) is 20.4. The number of nitrogens with zero attached hydrogens (tertiary/aromatic N) is 2. The number of rotatable bonds is 5. The van der Waals surface area contributed by atoms with Gasteiger partial charge in [0.05, 0.1) is 0 Å². The average Bonchev–Trinajstić information content (AvgIpc) is 2.59. The third kappa shape index (κ3) is 4.18. The van der Waals surface area contributed by atoms with Crippen molar-refractivity contribution in [2.75, 3.05) is 10.6 Å². The van der Waals surface area contributed by atoms with Gasteiger partial charge in [0, 0.05) is 28.0 Å². The molecule has 0 bridgehead atoms. The van der Waals surface area contributed by atoms with E-state index in [1.165, 1.54) is 0 Å². The van der Waals surface area contributed by atoms with Crippen molar-refractivity contribution >= 4 is 40.4 Å². The van der Waals surface area contributed by atoms with E-state index in [9.17, 15) is 4.79 Å². The molecule has 0 unspecified atom stereocenters. The Morgan fingerprint density at radius 3 is 2.38 bits per heavy atom. The Bertz CT molecular complexity index is 972. The summed E-state index contributed by atoms with van der Waals surface area (Å²) in [5.41, 5.74) is 3.28. The molecule has 1 heterocycles. The third-order valence-electron chi connectivity index (χ3n) is 3.91. The van der Waals surface area contributed by atoms with Gasteiger partial charge in [-0.25, -0.2) is 9.97 Å². The number of hydrogen-bond donors (Lipinski definition) is 2. The Morgan fingerprint density at radius 2 is 1.65 bits per heavy atom. The highest BCUT2D eigenvalue weighted by atomic mass is 35.5. The molecule has 0 saturated carbocycles. The van der Waals surface area contributed by atoms with Crippen molar-refractivity contribution in [1.29, 1.82) is 0 Å². The van der Waals surface area contributed by atoms with Gasteiger partial charge in [-0.3, -0.25) is 4.79 Å². The topological polar surface area (TPSA) is 66.9 Å². The van der Waals surface area contributed by atoms with Gasteiger partial charge in [0.15, 0.2) is 5.78 Å². The number of anilines is 4. The summed E-state index contributed by atoms with van der Waals surface area (Å²) in [7, 11) is 0. The van der Waals surface area contributed by atoms with Crippen LogP contribution in [-0.2, 0) is 0 Å². The van der Waals surface area contributed by atoms with Crippen LogP contribution in [0.5, 0.6) is 0 Å². The number of benzene rings is 2. The molecule has 0 saturated heterocycles. The van der Waals surface area contributed by atoms with Crippen molar-refractivity contribution in [1.82, 2.24) is 9.97 Å². The summed E-state index contributed by atoms with van der Waals surface area (Å²) in [5, 5.41) is 7.20. The van der Waals surface area contributed by atoms with Gasteiger partial charge in [0.1, 0.15) is 17.5 Å². The maximum absolute atomic E-state index is 11.5. The van der Waals surface area contributed by atoms with Crippen molar-refractivity contribution < 1.29 is 4.79 Å². The van der Waals surface area contributed by atoms with E-state index in [1.54, 1.807) is 19.1 Å². The van der Waals surface area contributed by atoms with Crippen LogP contribution in [0.4, 0.5) is 23.0 Å². The molecular weight excluding hydrogens is 348 g/mol. The van der Waals surface area contributed by atoms with Crippen LogP contribution in [0.2, 0.25) is 5.02 Å². The van der Waals surface area contributed by atoms with Crippen LogP contribution in [-0.4, -0.2) is 15.8 Å². The molecule has 2 N–H and O–H groups in total.